The highest BCUT2D eigenvalue weighted by atomic mass is 32.3. The molecule has 1 aliphatic rings. The van der Waals surface area contributed by atoms with Gasteiger partial charge < -0.3 is 5.73 Å². The second-order valence-corrected chi connectivity index (χ2v) is 5.73. The maximum absolute atomic E-state index is 12.6. The predicted octanol–water partition coefficient (Wildman–Crippen LogP) is -0.586. The molecule has 0 aromatic carbocycles. The molecule has 1 aromatic rings. The molecule has 1 unspecified atom stereocenters. The van der Waals surface area contributed by atoms with E-state index in [4.69, 9.17) is 5.73 Å². The van der Waals surface area contributed by atoms with Crippen LogP contribution in [0.15, 0.2) is 0 Å². The van der Waals surface area contributed by atoms with E-state index in [1.54, 1.807) is 6.92 Å². The second kappa shape index (κ2) is 4.68. The standard InChI is InChI=1S/C9H12FN5O3S/c1-5-12-8(11)14-9(13-5)15-3-6(2-7(15)16)4-19(10,17)18/h6H,2-4H2,1H3,(H2,11,12,13,14). The Hall–Kier alpha value is -1.84. The molecule has 10 heteroatoms. The first-order valence-corrected chi connectivity index (χ1v) is 7.01. The monoisotopic (exact) mass is 289 g/mol. The molecule has 104 valence electrons. The van der Waals surface area contributed by atoms with Crippen molar-refractivity contribution in [2.45, 2.75) is 13.3 Å². The van der Waals surface area contributed by atoms with Gasteiger partial charge in [0.2, 0.25) is 17.8 Å². The van der Waals surface area contributed by atoms with Crippen molar-refractivity contribution in [1.82, 2.24) is 15.0 Å². The molecule has 0 bridgehead atoms. The number of rotatable bonds is 3. The Morgan fingerprint density at radius 2 is 2.11 bits per heavy atom. The molecular formula is C9H12FN5O3S. The fourth-order valence-electron chi connectivity index (χ4n) is 1.98. The van der Waals surface area contributed by atoms with Crippen LogP contribution in [0.4, 0.5) is 15.8 Å². The minimum Gasteiger partial charge on any atom is -0.368 e. The molecule has 2 rings (SSSR count). The van der Waals surface area contributed by atoms with Gasteiger partial charge in [0.1, 0.15) is 5.82 Å². The largest absolute Gasteiger partial charge is 0.368 e. The Kier molecular flexibility index (Phi) is 3.35. The summed E-state index contributed by atoms with van der Waals surface area (Å²) in [6.45, 7) is 1.64. The van der Waals surface area contributed by atoms with Gasteiger partial charge in [0.25, 0.3) is 0 Å². The van der Waals surface area contributed by atoms with Gasteiger partial charge in [-0.1, -0.05) is 0 Å². The van der Waals surface area contributed by atoms with E-state index in [-0.39, 0.29) is 30.8 Å². The molecule has 1 atom stereocenters. The van der Waals surface area contributed by atoms with Crippen molar-refractivity contribution in [1.29, 1.82) is 0 Å². The zero-order valence-electron chi connectivity index (χ0n) is 10.1. The molecule has 0 spiro atoms. The van der Waals surface area contributed by atoms with Crippen molar-refractivity contribution in [3.8, 4) is 0 Å². The van der Waals surface area contributed by atoms with Crippen LogP contribution >= 0.6 is 0 Å². The molecular weight excluding hydrogens is 277 g/mol. The zero-order valence-corrected chi connectivity index (χ0v) is 10.9. The molecule has 1 saturated heterocycles. The molecule has 0 aliphatic carbocycles. The van der Waals surface area contributed by atoms with Crippen molar-refractivity contribution in [2.75, 3.05) is 22.9 Å². The first kappa shape index (κ1) is 13.6. The fraction of sp³-hybridized carbons (Fsp3) is 0.556. The lowest BCUT2D eigenvalue weighted by molar-refractivity contribution is -0.117. The Bertz CT molecular complexity index is 600. The van der Waals surface area contributed by atoms with Crippen LogP contribution in [-0.2, 0) is 15.0 Å². The molecule has 1 amide bonds. The Morgan fingerprint density at radius 1 is 1.42 bits per heavy atom. The van der Waals surface area contributed by atoms with E-state index in [0.717, 1.165) is 0 Å². The average Bonchev–Trinajstić information content (AvgIpc) is 2.54. The number of carbonyl (C=O) groups is 1. The normalized spacial score (nSPS) is 20.0. The highest BCUT2D eigenvalue weighted by Gasteiger charge is 2.35. The van der Waals surface area contributed by atoms with E-state index in [1.165, 1.54) is 4.90 Å². The summed E-state index contributed by atoms with van der Waals surface area (Å²) in [4.78, 5) is 24.5. The molecule has 1 aromatic heterocycles. The number of halogens is 1. The van der Waals surface area contributed by atoms with Gasteiger partial charge in [-0.2, -0.15) is 23.4 Å². The number of nitrogens with two attached hydrogens (primary N) is 1. The van der Waals surface area contributed by atoms with Crippen molar-refractivity contribution in [2.24, 2.45) is 5.92 Å². The third kappa shape index (κ3) is 3.34. The van der Waals surface area contributed by atoms with Crippen LogP contribution in [0.2, 0.25) is 0 Å². The lowest BCUT2D eigenvalue weighted by Crippen LogP contribution is -2.28. The summed E-state index contributed by atoms with van der Waals surface area (Å²) in [6.07, 6.45) is -0.0617. The van der Waals surface area contributed by atoms with Crippen LogP contribution in [0.1, 0.15) is 12.2 Å². The molecule has 8 nitrogen and oxygen atoms in total. The van der Waals surface area contributed by atoms with Gasteiger partial charge >= 0.3 is 10.2 Å². The Labute approximate surface area is 109 Å². The van der Waals surface area contributed by atoms with Crippen molar-refractivity contribution < 1.29 is 17.1 Å². The Balaban J connectivity index is 2.20. The van der Waals surface area contributed by atoms with Crippen molar-refractivity contribution in [3.05, 3.63) is 5.82 Å². The summed E-state index contributed by atoms with van der Waals surface area (Å²) >= 11 is 0. The number of amides is 1. The maximum atomic E-state index is 12.6. The predicted molar refractivity (Wildman–Crippen MR) is 64.3 cm³/mol. The van der Waals surface area contributed by atoms with E-state index in [1.807, 2.05) is 0 Å². The number of aromatic nitrogens is 3. The summed E-state index contributed by atoms with van der Waals surface area (Å²) in [5, 5.41) is 0. The average molecular weight is 289 g/mol. The highest BCUT2D eigenvalue weighted by molar-refractivity contribution is 7.86. The highest BCUT2D eigenvalue weighted by Crippen LogP contribution is 2.24. The molecule has 2 N–H and O–H groups in total. The second-order valence-electron chi connectivity index (χ2n) is 4.32. The number of hydrogen-bond acceptors (Lipinski definition) is 7. The quantitative estimate of drug-likeness (QED) is 0.739. The first-order chi connectivity index (χ1) is 8.74. The molecule has 2 heterocycles. The maximum Gasteiger partial charge on any atom is 0.302 e. The lowest BCUT2D eigenvalue weighted by atomic mass is 10.1. The van der Waals surface area contributed by atoms with E-state index in [9.17, 15) is 17.1 Å². The summed E-state index contributed by atoms with van der Waals surface area (Å²) < 4.78 is 33.8. The van der Waals surface area contributed by atoms with E-state index in [2.05, 4.69) is 15.0 Å². The number of anilines is 2. The third-order valence-corrected chi connectivity index (χ3v) is 3.50. The van der Waals surface area contributed by atoms with Crippen LogP contribution in [0, 0.1) is 12.8 Å². The SMILES string of the molecule is Cc1nc(N)nc(N2CC(CS(=O)(=O)F)CC2=O)n1. The lowest BCUT2D eigenvalue weighted by Gasteiger charge is -2.14. The number of hydrogen-bond donors (Lipinski definition) is 1. The summed E-state index contributed by atoms with van der Waals surface area (Å²) in [5.41, 5.74) is 5.45. The van der Waals surface area contributed by atoms with Crippen molar-refractivity contribution >= 4 is 28.0 Å². The van der Waals surface area contributed by atoms with Crippen LogP contribution in [0.3, 0.4) is 0 Å². The smallest absolute Gasteiger partial charge is 0.302 e. The van der Waals surface area contributed by atoms with Gasteiger partial charge in [0.15, 0.2) is 0 Å². The van der Waals surface area contributed by atoms with Gasteiger partial charge in [-0.15, -0.1) is 3.89 Å². The van der Waals surface area contributed by atoms with Gasteiger partial charge in [0, 0.05) is 18.9 Å². The number of carbonyl (C=O) groups excluding carboxylic acids is 1. The van der Waals surface area contributed by atoms with Crippen LogP contribution < -0.4 is 10.6 Å². The third-order valence-electron chi connectivity index (χ3n) is 2.63. The van der Waals surface area contributed by atoms with Gasteiger partial charge in [-0.25, -0.2) is 0 Å². The molecule has 0 saturated carbocycles. The minimum atomic E-state index is -4.61. The van der Waals surface area contributed by atoms with Crippen molar-refractivity contribution in [3.63, 3.8) is 0 Å². The Morgan fingerprint density at radius 3 is 2.68 bits per heavy atom. The zero-order chi connectivity index (χ0) is 14.2. The summed E-state index contributed by atoms with van der Waals surface area (Å²) in [5.74, 6) is -1.28. The molecule has 0 radical (unpaired) electrons. The van der Waals surface area contributed by atoms with E-state index < -0.39 is 21.9 Å². The molecule has 1 aliphatic heterocycles. The summed E-state index contributed by atoms with van der Waals surface area (Å²) in [6, 6.07) is 0. The van der Waals surface area contributed by atoms with Gasteiger partial charge in [0.05, 0.1) is 5.75 Å². The fourth-order valence-corrected chi connectivity index (χ4v) is 2.76. The minimum absolute atomic E-state index is 0.0307. The molecule has 1 fully saturated rings. The van der Waals surface area contributed by atoms with Crippen LogP contribution in [0.25, 0.3) is 0 Å². The van der Waals surface area contributed by atoms with Crippen LogP contribution in [0.5, 0.6) is 0 Å². The molecule has 19 heavy (non-hydrogen) atoms. The first-order valence-electron chi connectivity index (χ1n) is 5.45. The summed E-state index contributed by atoms with van der Waals surface area (Å²) in [7, 11) is -4.61. The van der Waals surface area contributed by atoms with E-state index in [0.29, 0.717) is 5.82 Å². The number of aryl methyl sites for hydroxylation is 1. The van der Waals surface area contributed by atoms with E-state index >= 15 is 0 Å². The topological polar surface area (TPSA) is 119 Å². The van der Waals surface area contributed by atoms with Crippen LogP contribution in [-0.4, -0.2) is 41.6 Å². The van der Waals surface area contributed by atoms with Gasteiger partial charge in [-0.05, 0) is 6.92 Å². The number of nitrogen functional groups attached to an aromatic ring is 1. The van der Waals surface area contributed by atoms with Gasteiger partial charge in [-0.3, -0.25) is 9.69 Å². The number of nitrogens with zero attached hydrogens (tertiary/aromatic N) is 4.